The standard InChI is InChI=1S/C12H9ClN2O3S/c13-8-4-2-1-3-7(8)10(12(17)18)15-11(16)9-5-19-6-14-9/h1-6,10H,(H,15,16)(H,17,18)/t10-/m1/s1. The van der Waals surface area contributed by atoms with Crippen LogP contribution in [0.1, 0.15) is 22.1 Å². The van der Waals surface area contributed by atoms with E-state index >= 15 is 0 Å². The van der Waals surface area contributed by atoms with E-state index in [0.717, 1.165) is 0 Å². The molecule has 1 atom stereocenters. The molecule has 0 fully saturated rings. The molecule has 19 heavy (non-hydrogen) atoms. The third-order valence-electron chi connectivity index (χ3n) is 2.40. The highest BCUT2D eigenvalue weighted by Gasteiger charge is 2.25. The van der Waals surface area contributed by atoms with E-state index in [1.165, 1.54) is 16.8 Å². The summed E-state index contributed by atoms with van der Waals surface area (Å²) in [6.07, 6.45) is 0. The zero-order chi connectivity index (χ0) is 13.8. The minimum Gasteiger partial charge on any atom is -0.479 e. The van der Waals surface area contributed by atoms with Crippen LogP contribution in [-0.2, 0) is 4.79 Å². The van der Waals surface area contributed by atoms with Crippen LogP contribution >= 0.6 is 22.9 Å². The molecular weight excluding hydrogens is 288 g/mol. The summed E-state index contributed by atoms with van der Waals surface area (Å²) >= 11 is 7.20. The molecule has 0 bridgehead atoms. The Kier molecular flexibility index (Phi) is 4.13. The highest BCUT2D eigenvalue weighted by Crippen LogP contribution is 2.23. The number of thiazole rings is 1. The van der Waals surface area contributed by atoms with Crippen LogP contribution in [0.4, 0.5) is 0 Å². The molecule has 1 aromatic carbocycles. The third-order valence-corrected chi connectivity index (χ3v) is 3.33. The van der Waals surface area contributed by atoms with Crippen LogP contribution in [-0.4, -0.2) is 22.0 Å². The number of carboxylic acids is 1. The van der Waals surface area contributed by atoms with Gasteiger partial charge in [-0.05, 0) is 6.07 Å². The first kappa shape index (κ1) is 13.5. The largest absolute Gasteiger partial charge is 0.479 e. The predicted molar refractivity (Wildman–Crippen MR) is 71.4 cm³/mol. The normalized spacial score (nSPS) is 11.8. The second-order valence-corrected chi connectivity index (χ2v) is 4.77. The molecule has 0 unspecified atom stereocenters. The molecule has 1 heterocycles. The second kappa shape index (κ2) is 5.81. The first-order valence-electron chi connectivity index (χ1n) is 5.26. The van der Waals surface area contributed by atoms with Crippen molar-refractivity contribution in [3.05, 3.63) is 51.4 Å². The van der Waals surface area contributed by atoms with Gasteiger partial charge in [0.1, 0.15) is 5.69 Å². The van der Waals surface area contributed by atoms with Gasteiger partial charge in [-0.25, -0.2) is 9.78 Å². The molecule has 0 aliphatic carbocycles. The number of nitrogens with zero attached hydrogens (tertiary/aromatic N) is 1. The molecule has 0 saturated heterocycles. The Balaban J connectivity index is 2.25. The summed E-state index contributed by atoms with van der Waals surface area (Å²) < 4.78 is 0. The molecule has 0 aliphatic rings. The van der Waals surface area contributed by atoms with Crippen molar-refractivity contribution in [2.75, 3.05) is 0 Å². The first-order chi connectivity index (χ1) is 9.09. The number of nitrogens with one attached hydrogen (secondary N) is 1. The Bertz CT molecular complexity index is 601. The van der Waals surface area contributed by atoms with Crippen LogP contribution in [0.3, 0.4) is 0 Å². The van der Waals surface area contributed by atoms with Crippen LogP contribution in [0.5, 0.6) is 0 Å². The summed E-state index contributed by atoms with van der Waals surface area (Å²) in [5.41, 5.74) is 2.02. The minimum atomic E-state index is -1.21. The van der Waals surface area contributed by atoms with E-state index in [4.69, 9.17) is 11.6 Å². The zero-order valence-corrected chi connectivity index (χ0v) is 11.1. The number of halogens is 1. The lowest BCUT2D eigenvalue weighted by Gasteiger charge is -2.15. The maximum Gasteiger partial charge on any atom is 0.330 e. The van der Waals surface area contributed by atoms with Gasteiger partial charge in [-0.3, -0.25) is 4.79 Å². The van der Waals surface area contributed by atoms with E-state index in [1.807, 2.05) is 0 Å². The van der Waals surface area contributed by atoms with Crippen molar-refractivity contribution in [3.63, 3.8) is 0 Å². The molecule has 0 aliphatic heterocycles. The molecule has 0 spiro atoms. The topological polar surface area (TPSA) is 79.3 Å². The van der Waals surface area contributed by atoms with Gasteiger partial charge in [0.2, 0.25) is 0 Å². The average Bonchev–Trinajstić information content (AvgIpc) is 2.90. The number of benzene rings is 1. The second-order valence-electron chi connectivity index (χ2n) is 3.64. The summed E-state index contributed by atoms with van der Waals surface area (Å²) in [6, 6.07) is 5.27. The maximum absolute atomic E-state index is 11.8. The van der Waals surface area contributed by atoms with Crippen molar-refractivity contribution in [2.45, 2.75) is 6.04 Å². The highest BCUT2D eigenvalue weighted by molar-refractivity contribution is 7.07. The zero-order valence-electron chi connectivity index (χ0n) is 9.54. The fourth-order valence-electron chi connectivity index (χ4n) is 1.51. The molecule has 2 aromatic rings. The highest BCUT2D eigenvalue weighted by atomic mass is 35.5. The Labute approximate surface area is 117 Å². The van der Waals surface area contributed by atoms with Gasteiger partial charge < -0.3 is 10.4 Å². The van der Waals surface area contributed by atoms with Gasteiger partial charge in [-0.15, -0.1) is 11.3 Å². The number of aliphatic carboxylic acids is 1. The number of rotatable bonds is 4. The SMILES string of the molecule is O=C(N[C@@H](C(=O)O)c1ccccc1Cl)c1cscn1. The Morgan fingerprint density at radius 2 is 2.11 bits per heavy atom. The lowest BCUT2D eigenvalue weighted by atomic mass is 10.1. The number of amides is 1. The van der Waals surface area contributed by atoms with Crippen LogP contribution in [0, 0.1) is 0 Å². The quantitative estimate of drug-likeness (QED) is 0.907. The molecular formula is C12H9ClN2O3S. The maximum atomic E-state index is 11.8. The number of hydrogen-bond donors (Lipinski definition) is 2. The smallest absolute Gasteiger partial charge is 0.330 e. The molecule has 5 nitrogen and oxygen atoms in total. The minimum absolute atomic E-state index is 0.184. The van der Waals surface area contributed by atoms with Crippen LogP contribution in [0.2, 0.25) is 5.02 Å². The molecule has 0 saturated carbocycles. The van der Waals surface area contributed by atoms with Crippen molar-refractivity contribution in [1.29, 1.82) is 0 Å². The van der Waals surface area contributed by atoms with Gasteiger partial charge >= 0.3 is 5.97 Å². The van der Waals surface area contributed by atoms with E-state index in [1.54, 1.807) is 29.6 Å². The molecule has 1 amide bonds. The Morgan fingerprint density at radius 1 is 1.37 bits per heavy atom. The van der Waals surface area contributed by atoms with Crippen LogP contribution < -0.4 is 5.32 Å². The number of carbonyl (C=O) groups is 2. The van der Waals surface area contributed by atoms with Crippen molar-refractivity contribution in [2.24, 2.45) is 0 Å². The van der Waals surface area contributed by atoms with Crippen molar-refractivity contribution in [3.8, 4) is 0 Å². The van der Waals surface area contributed by atoms with Crippen LogP contribution in [0.25, 0.3) is 0 Å². The van der Waals surface area contributed by atoms with Crippen molar-refractivity contribution in [1.82, 2.24) is 10.3 Å². The van der Waals surface area contributed by atoms with E-state index < -0.39 is 17.9 Å². The van der Waals surface area contributed by atoms with Gasteiger partial charge in [0.25, 0.3) is 5.91 Å². The van der Waals surface area contributed by atoms with Gasteiger partial charge in [0.15, 0.2) is 6.04 Å². The predicted octanol–water partition coefficient (Wildman–Crippen LogP) is 2.35. The number of hydrogen-bond acceptors (Lipinski definition) is 4. The Hall–Kier alpha value is -1.92. The summed E-state index contributed by atoms with van der Waals surface area (Å²) in [5, 5.41) is 13.4. The molecule has 0 radical (unpaired) electrons. The average molecular weight is 297 g/mol. The fraction of sp³-hybridized carbons (Fsp3) is 0.0833. The van der Waals surface area contributed by atoms with Crippen molar-refractivity contribution < 1.29 is 14.7 Å². The number of carboxylic acid groups (broad SMARTS) is 1. The van der Waals surface area contributed by atoms with Crippen LogP contribution in [0.15, 0.2) is 35.2 Å². The summed E-state index contributed by atoms with van der Waals surface area (Å²) in [4.78, 5) is 26.9. The third kappa shape index (κ3) is 3.10. The monoisotopic (exact) mass is 296 g/mol. The van der Waals surface area contributed by atoms with Gasteiger partial charge in [0, 0.05) is 16.0 Å². The lowest BCUT2D eigenvalue weighted by Crippen LogP contribution is -2.34. The lowest BCUT2D eigenvalue weighted by molar-refractivity contribution is -0.139. The Morgan fingerprint density at radius 3 is 2.68 bits per heavy atom. The molecule has 7 heteroatoms. The summed E-state index contributed by atoms with van der Waals surface area (Å²) in [7, 11) is 0. The van der Waals surface area contributed by atoms with Gasteiger partial charge in [0.05, 0.1) is 5.51 Å². The van der Waals surface area contributed by atoms with Gasteiger partial charge in [-0.2, -0.15) is 0 Å². The van der Waals surface area contributed by atoms with E-state index in [0.29, 0.717) is 5.56 Å². The summed E-state index contributed by atoms with van der Waals surface area (Å²) in [5.74, 6) is -1.73. The number of aromatic nitrogens is 1. The summed E-state index contributed by atoms with van der Waals surface area (Å²) in [6.45, 7) is 0. The molecule has 2 rings (SSSR count). The van der Waals surface area contributed by atoms with E-state index in [9.17, 15) is 14.7 Å². The first-order valence-corrected chi connectivity index (χ1v) is 6.58. The number of carbonyl (C=O) groups excluding carboxylic acids is 1. The van der Waals surface area contributed by atoms with Crippen molar-refractivity contribution >= 4 is 34.8 Å². The van der Waals surface area contributed by atoms with E-state index in [-0.39, 0.29) is 10.7 Å². The molecule has 2 N–H and O–H groups in total. The van der Waals surface area contributed by atoms with E-state index in [2.05, 4.69) is 10.3 Å². The fourth-order valence-corrected chi connectivity index (χ4v) is 2.29. The van der Waals surface area contributed by atoms with Gasteiger partial charge in [-0.1, -0.05) is 29.8 Å². The molecule has 98 valence electrons. The molecule has 1 aromatic heterocycles.